The third-order valence-electron chi connectivity index (χ3n) is 7.18. The molecule has 152 valence electrons. The molecule has 0 amide bonds. The summed E-state index contributed by atoms with van der Waals surface area (Å²) >= 11 is -0.707. The minimum absolute atomic E-state index is 0. The molecule has 2 aliphatic carbocycles. The van der Waals surface area contributed by atoms with E-state index in [2.05, 4.69) is 91.8 Å². The van der Waals surface area contributed by atoms with Crippen molar-refractivity contribution in [2.24, 2.45) is 10.8 Å². The first kappa shape index (κ1) is 27.4. The van der Waals surface area contributed by atoms with Crippen LogP contribution in [0, 0.1) is 10.8 Å². The van der Waals surface area contributed by atoms with Crippen molar-refractivity contribution in [3.05, 3.63) is 47.6 Å². The molecular formula is C24H38Cl2Zr. The Bertz CT molecular complexity index is 566. The molecule has 27 heavy (non-hydrogen) atoms. The van der Waals surface area contributed by atoms with E-state index in [0.717, 1.165) is 0 Å². The average molecular weight is 489 g/mol. The summed E-state index contributed by atoms with van der Waals surface area (Å²) in [5.41, 5.74) is 3.87. The molecule has 0 fully saturated rings. The van der Waals surface area contributed by atoms with Crippen LogP contribution in [-0.4, -0.2) is 0 Å². The van der Waals surface area contributed by atoms with Gasteiger partial charge in [-0.05, 0) is 0 Å². The van der Waals surface area contributed by atoms with Gasteiger partial charge in [0.1, 0.15) is 0 Å². The molecule has 2 rings (SSSR count). The Kier molecular flexibility index (Phi) is 10.1. The van der Waals surface area contributed by atoms with Crippen molar-refractivity contribution in [2.75, 3.05) is 0 Å². The summed E-state index contributed by atoms with van der Waals surface area (Å²) in [6.07, 6.45) is 20.1. The zero-order chi connectivity index (χ0) is 18.9. The van der Waals surface area contributed by atoms with E-state index in [4.69, 9.17) is 0 Å². The summed E-state index contributed by atoms with van der Waals surface area (Å²) in [6, 6.07) is 0. The Morgan fingerprint density at radius 2 is 1.00 bits per heavy atom. The smallest absolute Gasteiger partial charge is 1.00 e. The zero-order valence-corrected chi connectivity index (χ0v) is 22.5. The minimum Gasteiger partial charge on any atom is -1.00 e. The van der Waals surface area contributed by atoms with Gasteiger partial charge in [-0.1, -0.05) is 0 Å². The first-order valence-electron chi connectivity index (χ1n) is 10.2. The summed E-state index contributed by atoms with van der Waals surface area (Å²) in [5, 5.41) is 0. The van der Waals surface area contributed by atoms with E-state index in [1.807, 2.05) is 0 Å². The second-order valence-electron chi connectivity index (χ2n) is 9.09. The molecule has 2 aliphatic rings. The van der Waals surface area contributed by atoms with Gasteiger partial charge in [-0.3, -0.25) is 0 Å². The molecule has 3 heteroatoms. The fraction of sp³-hybridized carbons (Fsp3) is 0.667. The van der Waals surface area contributed by atoms with Crippen LogP contribution in [0.15, 0.2) is 47.6 Å². The summed E-state index contributed by atoms with van der Waals surface area (Å²) in [7, 11) is 0. The molecule has 0 saturated carbocycles. The second-order valence-corrected chi connectivity index (χ2v) is 15.0. The Labute approximate surface area is 192 Å². The normalized spacial score (nSPS) is 26.8. The van der Waals surface area contributed by atoms with Gasteiger partial charge in [0.2, 0.25) is 0 Å². The van der Waals surface area contributed by atoms with Crippen molar-refractivity contribution in [1.29, 1.82) is 0 Å². The monoisotopic (exact) mass is 486 g/mol. The molecule has 2 atom stereocenters. The predicted molar refractivity (Wildman–Crippen MR) is 109 cm³/mol. The van der Waals surface area contributed by atoms with Gasteiger partial charge in [0.05, 0.1) is 0 Å². The van der Waals surface area contributed by atoms with Gasteiger partial charge < -0.3 is 24.8 Å². The molecule has 0 aromatic heterocycles. The summed E-state index contributed by atoms with van der Waals surface area (Å²) in [5.74, 6) is 0. The van der Waals surface area contributed by atoms with Gasteiger partial charge in [0.15, 0.2) is 0 Å². The van der Waals surface area contributed by atoms with Crippen molar-refractivity contribution in [3.8, 4) is 0 Å². The molecule has 0 nitrogen and oxygen atoms in total. The molecule has 0 radical (unpaired) electrons. The fourth-order valence-electron chi connectivity index (χ4n) is 4.17. The van der Waals surface area contributed by atoms with E-state index in [1.165, 1.54) is 25.7 Å². The molecule has 0 aromatic rings. The summed E-state index contributed by atoms with van der Waals surface area (Å²) in [6.45, 7) is 19.2. The zero-order valence-electron chi connectivity index (χ0n) is 18.5. The van der Waals surface area contributed by atoms with Crippen LogP contribution in [0.5, 0.6) is 0 Å². The topological polar surface area (TPSA) is 0 Å². The van der Waals surface area contributed by atoms with Gasteiger partial charge in [0.25, 0.3) is 0 Å². The van der Waals surface area contributed by atoms with Crippen LogP contribution >= 0.6 is 0 Å². The van der Waals surface area contributed by atoms with E-state index in [0.29, 0.717) is 17.1 Å². The molecule has 0 saturated heterocycles. The maximum absolute atomic E-state index is 2.63. The number of hydrogen-bond acceptors (Lipinski definition) is 0. The van der Waals surface area contributed by atoms with Crippen LogP contribution in [0.2, 0.25) is 6.25 Å². The van der Waals surface area contributed by atoms with E-state index in [-0.39, 0.29) is 24.8 Å². The van der Waals surface area contributed by atoms with Gasteiger partial charge in [-0.2, -0.15) is 0 Å². The Morgan fingerprint density at radius 3 is 1.26 bits per heavy atom. The van der Waals surface area contributed by atoms with E-state index >= 15 is 0 Å². The second kappa shape index (κ2) is 9.95. The minimum atomic E-state index is -0.707. The molecule has 0 N–H and O–H groups in total. The van der Waals surface area contributed by atoms with Crippen LogP contribution in [0.1, 0.15) is 81.1 Å². The van der Waals surface area contributed by atoms with E-state index < -0.39 is 23.2 Å². The van der Waals surface area contributed by atoms with Gasteiger partial charge in [-0.25, -0.2) is 0 Å². The average Bonchev–Trinajstić information content (AvgIpc) is 3.17. The number of allylic oxidation sites excluding steroid dienone is 8. The van der Waals surface area contributed by atoms with Crippen LogP contribution in [0.3, 0.4) is 0 Å². The van der Waals surface area contributed by atoms with Crippen LogP contribution in [-0.2, 0) is 23.2 Å². The molecular weight excluding hydrogens is 450 g/mol. The summed E-state index contributed by atoms with van der Waals surface area (Å²) < 4.78 is 0.675. The van der Waals surface area contributed by atoms with Crippen LogP contribution in [0.4, 0.5) is 0 Å². The number of rotatable bonds is 8. The van der Waals surface area contributed by atoms with Crippen molar-refractivity contribution in [1.82, 2.24) is 0 Å². The standard InChI is InChI=1S/2C12H19.2ClH.Zr/c2*1-5-12(4,6-2)11-8-7-10(3)9-11;;;/h2*7-9H,5-6H2,1-4H3;2*1H;/q;;;;+2/p-2. The van der Waals surface area contributed by atoms with E-state index in [1.54, 1.807) is 11.1 Å². The fourth-order valence-corrected chi connectivity index (χ4v) is 8.96. The third-order valence-corrected chi connectivity index (χ3v) is 11.4. The first-order valence-corrected chi connectivity index (χ1v) is 12.7. The number of hydrogen-bond donors (Lipinski definition) is 0. The Balaban J connectivity index is 0.00000338. The SMILES string of the molecule is CCC(C)(CC)C1=C[C](C)([Zr+2][C]2(C)C=CC(C(C)(CC)CC)=C2)C=C1.[Cl-].[Cl-]. The van der Waals surface area contributed by atoms with E-state index in [9.17, 15) is 0 Å². The molecule has 0 heterocycles. The van der Waals surface area contributed by atoms with Crippen molar-refractivity contribution in [2.45, 2.75) is 87.3 Å². The van der Waals surface area contributed by atoms with Crippen LogP contribution < -0.4 is 24.8 Å². The van der Waals surface area contributed by atoms with Crippen molar-refractivity contribution in [3.63, 3.8) is 0 Å². The quantitative estimate of drug-likeness (QED) is 0.491. The first-order chi connectivity index (χ1) is 11.6. The Hall–Kier alpha value is 0.423. The van der Waals surface area contributed by atoms with Crippen molar-refractivity contribution >= 4 is 0 Å². The predicted octanol–water partition coefficient (Wildman–Crippen LogP) is 2.08. The molecule has 0 bridgehead atoms. The largest absolute Gasteiger partial charge is 1.00 e. The van der Waals surface area contributed by atoms with Gasteiger partial charge >= 0.3 is 169 Å². The third kappa shape index (κ3) is 5.74. The van der Waals surface area contributed by atoms with Crippen molar-refractivity contribution < 1.29 is 48.0 Å². The van der Waals surface area contributed by atoms with Gasteiger partial charge in [-0.15, -0.1) is 0 Å². The maximum Gasteiger partial charge on any atom is -1.00 e. The van der Waals surface area contributed by atoms with Gasteiger partial charge in [0, 0.05) is 0 Å². The maximum atomic E-state index is 2.63. The molecule has 2 unspecified atom stereocenters. The molecule has 0 spiro atoms. The molecule has 0 aliphatic heterocycles. The molecule has 0 aromatic carbocycles. The Morgan fingerprint density at radius 1 is 0.704 bits per heavy atom. The summed E-state index contributed by atoms with van der Waals surface area (Å²) in [4.78, 5) is 0. The number of halogens is 2. The van der Waals surface area contributed by atoms with Crippen LogP contribution in [0.25, 0.3) is 0 Å².